The molecule has 1 aliphatic heterocycles. The molecule has 0 bridgehead atoms. The van der Waals surface area contributed by atoms with E-state index in [0.717, 1.165) is 26.2 Å². The standard InChI is InChI=1S/C15H25N3/c1-12-2-4-13(5-3-12)15(17)14-6-9-18(10-7-14)11-8-16/h2-5,14-15H,6-11,16-17H2,1H3. The van der Waals surface area contributed by atoms with Crippen LogP contribution in [0.1, 0.15) is 30.0 Å². The Morgan fingerprint density at radius 3 is 2.39 bits per heavy atom. The first-order valence-electron chi connectivity index (χ1n) is 6.95. The van der Waals surface area contributed by atoms with Crippen molar-refractivity contribution >= 4 is 0 Å². The first-order valence-corrected chi connectivity index (χ1v) is 6.95. The third kappa shape index (κ3) is 3.31. The smallest absolute Gasteiger partial charge is 0.0324 e. The largest absolute Gasteiger partial charge is 0.329 e. The third-order valence-electron chi connectivity index (χ3n) is 4.05. The van der Waals surface area contributed by atoms with Crippen LogP contribution < -0.4 is 11.5 Å². The molecule has 0 aromatic heterocycles. The van der Waals surface area contributed by atoms with Gasteiger partial charge in [0.05, 0.1) is 0 Å². The molecule has 3 heteroatoms. The number of benzene rings is 1. The summed E-state index contributed by atoms with van der Waals surface area (Å²) in [5.74, 6) is 0.613. The van der Waals surface area contributed by atoms with E-state index in [1.807, 2.05) is 0 Å². The molecular formula is C15H25N3. The molecule has 0 aliphatic carbocycles. The second-order valence-electron chi connectivity index (χ2n) is 5.40. The molecule has 1 atom stereocenters. The highest BCUT2D eigenvalue weighted by atomic mass is 15.1. The van der Waals surface area contributed by atoms with Crippen molar-refractivity contribution in [3.63, 3.8) is 0 Å². The highest BCUT2D eigenvalue weighted by Crippen LogP contribution is 2.28. The monoisotopic (exact) mass is 247 g/mol. The fourth-order valence-corrected chi connectivity index (χ4v) is 2.78. The van der Waals surface area contributed by atoms with E-state index in [1.54, 1.807) is 0 Å². The molecule has 4 N–H and O–H groups in total. The number of piperidine rings is 1. The number of hydrogen-bond donors (Lipinski definition) is 2. The Hall–Kier alpha value is -0.900. The molecule has 1 saturated heterocycles. The SMILES string of the molecule is Cc1ccc(C(N)C2CCN(CCN)CC2)cc1. The van der Waals surface area contributed by atoms with Crippen LogP contribution >= 0.6 is 0 Å². The van der Waals surface area contributed by atoms with Crippen LogP contribution in [0.2, 0.25) is 0 Å². The topological polar surface area (TPSA) is 55.3 Å². The Balaban J connectivity index is 1.91. The molecule has 1 unspecified atom stereocenters. The molecule has 1 aliphatic rings. The maximum Gasteiger partial charge on any atom is 0.0324 e. The fourth-order valence-electron chi connectivity index (χ4n) is 2.78. The van der Waals surface area contributed by atoms with E-state index in [0.29, 0.717) is 5.92 Å². The molecule has 0 spiro atoms. The predicted octanol–water partition coefficient (Wildman–Crippen LogP) is 1.67. The van der Waals surface area contributed by atoms with Crippen molar-refractivity contribution in [1.29, 1.82) is 0 Å². The maximum absolute atomic E-state index is 6.40. The number of nitrogens with two attached hydrogens (primary N) is 2. The molecule has 0 radical (unpaired) electrons. The summed E-state index contributed by atoms with van der Waals surface area (Å²) < 4.78 is 0. The Labute approximate surface area is 110 Å². The van der Waals surface area contributed by atoms with Gasteiger partial charge in [-0.2, -0.15) is 0 Å². The molecule has 100 valence electrons. The van der Waals surface area contributed by atoms with Crippen LogP contribution in [0.3, 0.4) is 0 Å². The highest BCUT2D eigenvalue weighted by molar-refractivity contribution is 5.24. The molecule has 1 fully saturated rings. The minimum atomic E-state index is 0.186. The average molecular weight is 247 g/mol. The zero-order chi connectivity index (χ0) is 13.0. The van der Waals surface area contributed by atoms with Gasteiger partial charge >= 0.3 is 0 Å². The van der Waals surface area contributed by atoms with Crippen LogP contribution in [0, 0.1) is 12.8 Å². The molecule has 18 heavy (non-hydrogen) atoms. The van der Waals surface area contributed by atoms with Crippen LogP contribution in [0.5, 0.6) is 0 Å². The van der Waals surface area contributed by atoms with Gasteiger partial charge in [-0.1, -0.05) is 29.8 Å². The van der Waals surface area contributed by atoms with Crippen molar-refractivity contribution in [2.24, 2.45) is 17.4 Å². The van der Waals surface area contributed by atoms with Crippen LogP contribution in [-0.4, -0.2) is 31.1 Å². The van der Waals surface area contributed by atoms with Gasteiger partial charge < -0.3 is 16.4 Å². The Bertz CT molecular complexity index is 353. The number of likely N-dealkylation sites (tertiary alicyclic amines) is 1. The lowest BCUT2D eigenvalue weighted by molar-refractivity contribution is 0.173. The van der Waals surface area contributed by atoms with Gasteiger partial charge in [-0.05, 0) is 44.3 Å². The van der Waals surface area contributed by atoms with Gasteiger partial charge in [0.2, 0.25) is 0 Å². The van der Waals surface area contributed by atoms with Crippen molar-refractivity contribution in [2.45, 2.75) is 25.8 Å². The van der Waals surface area contributed by atoms with Gasteiger partial charge in [-0.3, -0.25) is 0 Å². The van der Waals surface area contributed by atoms with Gasteiger partial charge in [0.15, 0.2) is 0 Å². The quantitative estimate of drug-likeness (QED) is 0.851. The Kier molecular flexibility index (Phi) is 4.75. The predicted molar refractivity (Wildman–Crippen MR) is 76.3 cm³/mol. The molecular weight excluding hydrogens is 222 g/mol. The molecule has 2 rings (SSSR count). The number of hydrogen-bond acceptors (Lipinski definition) is 3. The number of rotatable bonds is 4. The van der Waals surface area contributed by atoms with E-state index >= 15 is 0 Å². The van der Waals surface area contributed by atoms with Gasteiger partial charge in [-0.15, -0.1) is 0 Å². The molecule has 1 aromatic rings. The summed E-state index contributed by atoms with van der Waals surface area (Å²) in [4.78, 5) is 2.44. The summed E-state index contributed by atoms with van der Waals surface area (Å²) in [5.41, 5.74) is 14.6. The molecule has 0 saturated carbocycles. The lowest BCUT2D eigenvalue weighted by Gasteiger charge is -2.34. The summed E-state index contributed by atoms with van der Waals surface area (Å²) in [6.07, 6.45) is 2.38. The lowest BCUT2D eigenvalue weighted by Crippen LogP contribution is -2.39. The van der Waals surface area contributed by atoms with E-state index in [-0.39, 0.29) is 6.04 Å². The van der Waals surface area contributed by atoms with Crippen LogP contribution in [0.15, 0.2) is 24.3 Å². The maximum atomic E-state index is 6.40. The van der Waals surface area contributed by atoms with Gasteiger partial charge in [0.1, 0.15) is 0 Å². The zero-order valence-corrected chi connectivity index (χ0v) is 11.3. The van der Waals surface area contributed by atoms with Crippen molar-refractivity contribution in [3.8, 4) is 0 Å². The van der Waals surface area contributed by atoms with E-state index in [4.69, 9.17) is 11.5 Å². The van der Waals surface area contributed by atoms with Gasteiger partial charge in [0.25, 0.3) is 0 Å². The number of aryl methyl sites for hydroxylation is 1. The first-order chi connectivity index (χ1) is 8.70. The van der Waals surface area contributed by atoms with Crippen molar-refractivity contribution in [2.75, 3.05) is 26.2 Å². The second-order valence-corrected chi connectivity index (χ2v) is 5.40. The van der Waals surface area contributed by atoms with Crippen molar-refractivity contribution in [1.82, 2.24) is 4.90 Å². The third-order valence-corrected chi connectivity index (χ3v) is 4.05. The number of nitrogens with zero attached hydrogens (tertiary/aromatic N) is 1. The molecule has 1 heterocycles. The molecule has 3 nitrogen and oxygen atoms in total. The van der Waals surface area contributed by atoms with E-state index < -0.39 is 0 Å². The lowest BCUT2D eigenvalue weighted by atomic mass is 9.86. The summed E-state index contributed by atoms with van der Waals surface area (Å²) in [5, 5.41) is 0. The van der Waals surface area contributed by atoms with Crippen LogP contribution in [-0.2, 0) is 0 Å². The minimum Gasteiger partial charge on any atom is -0.329 e. The molecule has 1 aromatic carbocycles. The van der Waals surface area contributed by atoms with E-state index in [2.05, 4.69) is 36.1 Å². The molecule has 0 amide bonds. The van der Waals surface area contributed by atoms with Crippen LogP contribution in [0.25, 0.3) is 0 Å². The average Bonchev–Trinajstić information content (AvgIpc) is 2.40. The normalized spacial score (nSPS) is 19.9. The van der Waals surface area contributed by atoms with Crippen molar-refractivity contribution in [3.05, 3.63) is 35.4 Å². The summed E-state index contributed by atoms with van der Waals surface area (Å²) in [6, 6.07) is 8.83. The summed E-state index contributed by atoms with van der Waals surface area (Å²) >= 11 is 0. The van der Waals surface area contributed by atoms with E-state index in [1.165, 1.54) is 24.0 Å². The minimum absolute atomic E-state index is 0.186. The zero-order valence-electron chi connectivity index (χ0n) is 11.3. The van der Waals surface area contributed by atoms with Crippen molar-refractivity contribution < 1.29 is 0 Å². The first kappa shape index (κ1) is 13.5. The van der Waals surface area contributed by atoms with Gasteiger partial charge in [-0.25, -0.2) is 0 Å². The summed E-state index contributed by atoms with van der Waals surface area (Å²) in [6.45, 7) is 6.17. The fraction of sp³-hybridized carbons (Fsp3) is 0.600. The van der Waals surface area contributed by atoms with Gasteiger partial charge in [0, 0.05) is 19.1 Å². The van der Waals surface area contributed by atoms with E-state index in [9.17, 15) is 0 Å². The van der Waals surface area contributed by atoms with Crippen LogP contribution in [0.4, 0.5) is 0 Å². The Morgan fingerprint density at radius 1 is 1.22 bits per heavy atom. The Morgan fingerprint density at radius 2 is 1.83 bits per heavy atom. The second kappa shape index (κ2) is 6.32. The summed E-state index contributed by atoms with van der Waals surface area (Å²) in [7, 11) is 0. The highest BCUT2D eigenvalue weighted by Gasteiger charge is 2.24.